The second-order valence-electron chi connectivity index (χ2n) is 4.41. The van der Waals surface area contributed by atoms with E-state index in [0.717, 1.165) is 16.4 Å². The third-order valence-electron chi connectivity index (χ3n) is 3.11. The highest BCUT2D eigenvalue weighted by molar-refractivity contribution is 9.10. The van der Waals surface area contributed by atoms with Gasteiger partial charge in [-0.1, -0.05) is 44.4 Å². The molecular weight excluding hydrogens is 274 g/mol. The summed E-state index contributed by atoms with van der Waals surface area (Å²) in [7, 11) is 0. The summed E-state index contributed by atoms with van der Waals surface area (Å²) >= 11 is 3.62. The van der Waals surface area contributed by atoms with E-state index in [1.807, 2.05) is 12.3 Å². The molecule has 0 fully saturated rings. The van der Waals surface area contributed by atoms with E-state index in [1.54, 1.807) is 0 Å². The van der Waals surface area contributed by atoms with Crippen molar-refractivity contribution in [3.05, 3.63) is 40.5 Å². The largest absolute Gasteiger partial charge is 0.255 e. The Morgan fingerprint density at radius 2 is 1.94 bits per heavy atom. The van der Waals surface area contributed by atoms with Gasteiger partial charge in [0.2, 0.25) is 0 Å². The molecule has 1 nitrogen and oxygen atoms in total. The van der Waals surface area contributed by atoms with Crippen LogP contribution in [0.5, 0.6) is 0 Å². The molecule has 0 aliphatic carbocycles. The summed E-state index contributed by atoms with van der Waals surface area (Å²) in [5.41, 5.74) is 2.51. The molecular formula is C15H18BrN. The standard InChI is InChI=1S/C15H18BrN/c1-2-3-4-5-8-12-13-9-6-7-10-15(13)17-11-14(12)16/h6-7,9-11H,2-5,8H2,1H3. The maximum Gasteiger partial charge on any atom is 0.0705 e. The van der Waals surface area contributed by atoms with Crippen LogP contribution in [-0.2, 0) is 6.42 Å². The van der Waals surface area contributed by atoms with E-state index in [9.17, 15) is 0 Å². The van der Waals surface area contributed by atoms with Gasteiger partial charge in [-0.3, -0.25) is 4.98 Å². The average Bonchev–Trinajstić information content (AvgIpc) is 2.37. The van der Waals surface area contributed by atoms with Gasteiger partial charge in [-0.15, -0.1) is 0 Å². The summed E-state index contributed by atoms with van der Waals surface area (Å²) in [5.74, 6) is 0. The Kier molecular flexibility index (Phi) is 4.55. The lowest BCUT2D eigenvalue weighted by molar-refractivity contribution is 0.667. The maximum absolute atomic E-state index is 4.44. The van der Waals surface area contributed by atoms with Crippen molar-refractivity contribution in [2.24, 2.45) is 0 Å². The molecule has 17 heavy (non-hydrogen) atoms. The Hall–Kier alpha value is -0.890. The zero-order valence-corrected chi connectivity index (χ0v) is 11.8. The van der Waals surface area contributed by atoms with Crippen LogP contribution in [0.4, 0.5) is 0 Å². The van der Waals surface area contributed by atoms with Crippen LogP contribution in [0.25, 0.3) is 10.9 Å². The molecule has 0 N–H and O–H groups in total. The molecule has 2 aromatic rings. The van der Waals surface area contributed by atoms with Crippen molar-refractivity contribution in [1.29, 1.82) is 0 Å². The minimum absolute atomic E-state index is 1.10. The smallest absolute Gasteiger partial charge is 0.0705 e. The van der Waals surface area contributed by atoms with Gasteiger partial charge in [0.1, 0.15) is 0 Å². The van der Waals surface area contributed by atoms with E-state index in [2.05, 4.69) is 46.0 Å². The highest BCUT2D eigenvalue weighted by Crippen LogP contribution is 2.26. The minimum atomic E-state index is 1.10. The number of nitrogens with zero attached hydrogens (tertiary/aromatic N) is 1. The quantitative estimate of drug-likeness (QED) is 0.697. The van der Waals surface area contributed by atoms with Gasteiger partial charge in [0.15, 0.2) is 0 Å². The van der Waals surface area contributed by atoms with Crippen LogP contribution < -0.4 is 0 Å². The number of halogens is 1. The number of unbranched alkanes of at least 4 members (excludes halogenated alkanes) is 3. The number of pyridine rings is 1. The predicted octanol–water partition coefficient (Wildman–Crippen LogP) is 5.12. The van der Waals surface area contributed by atoms with Gasteiger partial charge >= 0.3 is 0 Å². The van der Waals surface area contributed by atoms with Crippen LogP contribution in [0.2, 0.25) is 0 Å². The van der Waals surface area contributed by atoms with Crippen LogP contribution in [0.1, 0.15) is 38.2 Å². The van der Waals surface area contributed by atoms with Crippen molar-refractivity contribution in [2.75, 3.05) is 0 Å². The average molecular weight is 292 g/mol. The van der Waals surface area contributed by atoms with Crippen LogP contribution >= 0.6 is 15.9 Å². The lowest BCUT2D eigenvalue weighted by Gasteiger charge is -2.08. The van der Waals surface area contributed by atoms with E-state index in [1.165, 1.54) is 36.6 Å². The first-order chi connectivity index (χ1) is 8.33. The van der Waals surface area contributed by atoms with Gasteiger partial charge < -0.3 is 0 Å². The Morgan fingerprint density at radius 1 is 1.12 bits per heavy atom. The SMILES string of the molecule is CCCCCCc1c(Br)cnc2ccccc12. The third-order valence-corrected chi connectivity index (χ3v) is 3.80. The fraction of sp³-hybridized carbons (Fsp3) is 0.400. The molecule has 1 heterocycles. The van der Waals surface area contributed by atoms with E-state index in [0.29, 0.717) is 0 Å². The second-order valence-corrected chi connectivity index (χ2v) is 5.27. The molecule has 2 heteroatoms. The molecule has 90 valence electrons. The summed E-state index contributed by atoms with van der Waals surface area (Å²) in [5, 5.41) is 1.29. The Bertz CT molecular complexity index is 493. The number of aromatic nitrogens is 1. The number of hydrogen-bond donors (Lipinski definition) is 0. The van der Waals surface area contributed by atoms with Crippen molar-refractivity contribution in [3.63, 3.8) is 0 Å². The first-order valence-corrected chi connectivity index (χ1v) is 7.14. The van der Waals surface area contributed by atoms with Crippen LogP contribution in [0, 0.1) is 0 Å². The number of para-hydroxylation sites is 1. The molecule has 0 bridgehead atoms. The highest BCUT2D eigenvalue weighted by atomic mass is 79.9. The van der Waals surface area contributed by atoms with E-state index in [4.69, 9.17) is 0 Å². The normalized spacial score (nSPS) is 10.9. The fourth-order valence-corrected chi connectivity index (χ4v) is 2.67. The van der Waals surface area contributed by atoms with Gasteiger partial charge in [0.05, 0.1) is 5.52 Å². The van der Waals surface area contributed by atoms with Crippen molar-refractivity contribution in [3.8, 4) is 0 Å². The topological polar surface area (TPSA) is 12.9 Å². The first kappa shape index (κ1) is 12.6. The van der Waals surface area contributed by atoms with Crippen molar-refractivity contribution in [1.82, 2.24) is 4.98 Å². The number of hydrogen-bond acceptors (Lipinski definition) is 1. The van der Waals surface area contributed by atoms with E-state index < -0.39 is 0 Å². The van der Waals surface area contributed by atoms with Crippen molar-refractivity contribution < 1.29 is 0 Å². The molecule has 0 aliphatic heterocycles. The van der Waals surface area contributed by atoms with Crippen LogP contribution in [0.15, 0.2) is 34.9 Å². The number of fused-ring (bicyclic) bond motifs is 1. The summed E-state index contributed by atoms with van der Waals surface area (Å²) in [4.78, 5) is 4.44. The minimum Gasteiger partial charge on any atom is -0.255 e. The van der Waals surface area contributed by atoms with Crippen molar-refractivity contribution >= 4 is 26.8 Å². The lowest BCUT2D eigenvalue weighted by Crippen LogP contribution is -1.92. The van der Waals surface area contributed by atoms with Crippen LogP contribution in [0.3, 0.4) is 0 Å². The van der Waals surface area contributed by atoms with Gasteiger partial charge in [0, 0.05) is 16.1 Å². The van der Waals surface area contributed by atoms with E-state index in [-0.39, 0.29) is 0 Å². The molecule has 0 amide bonds. The lowest BCUT2D eigenvalue weighted by atomic mass is 10.0. The Balaban J connectivity index is 2.22. The molecule has 1 aromatic carbocycles. The zero-order chi connectivity index (χ0) is 12.1. The first-order valence-electron chi connectivity index (χ1n) is 6.35. The molecule has 0 atom stereocenters. The summed E-state index contributed by atoms with van der Waals surface area (Å²) in [6, 6.07) is 8.38. The van der Waals surface area contributed by atoms with Crippen LogP contribution in [-0.4, -0.2) is 4.98 Å². The molecule has 0 saturated carbocycles. The van der Waals surface area contributed by atoms with E-state index >= 15 is 0 Å². The Morgan fingerprint density at radius 3 is 2.76 bits per heavy atom. The summed E-state index contributed by atoms with van der Waals surface area (Å²) < 4.78 is 1.15. The highest BCUT2D eigenvalue weighted by Gasteiger charge is 2.06. The monoisotopic (exact) mass is 291 g/mol. The molecule has 0 unspecified atom stereocenters. The molecule has 2 rings (SSSR count). The number of aryl methyl sites for hydroxylation is 1. The van der Waals surface area contributed by atoms with Crippen molar-refractivity contribution in [2.45, 2.75) is 39.0 Å². The zero-order valence-electron chi connectivity index (χ0n) is 10.2. The molecule has 0 spiro atoms. The molecule has 1 aromatic heterocycles. The molecule has 0 saturated heterocycles. The fourth-order valence-electron chi connectivity index (χ4n) is 2.16. The number of benzene rings is 1. The predicted molar refractivity (Wildman–Crippen MR) is 77.3 cm³/mol. The van der Waals surface area contributed by atoms with Gasteiger partial charge in [-0.05, 0) is 40.4 Å². The molecule has 0 aliphatic rings. The molecule has 0 radical (unpaired) electrons. The van der Waals surface area contributed by atoms with Gasteiger partial charge in [-0.2, -0.15) is 0 Å². The summed E-state index contributed by atoms with van der Waals surface area (Å²) in [6.07, 6.45) is 8.28. The summed E-state index contributed by atoms with van der Waals surface area (Å²) in [6.45, 7) is 2.25. The third kappa shape index (κ3) is 3.06. The van der Waals surface area contributed by atoms with Gasteiger partial charge in [0.25, 0.3) is 0 Å². The maximum atomic E-state index is 4.44. The second kappa shape index (κ2) is 6.15. The Labute approximate surface area is 111 Å². The van der Waals surface area contributed by atoms with Gasteiger partial charge in [-0.25, -0.2) is 0 Å². The number of rotatable bonds is 5.